The van der Waals surface area contributed by atoms with E-state index in [0.717, 1.165) is 5.56 Å². The van der Waals surface area contributed by atoms with Crippen molar-refractivity contribution in [3.05, 3.63) is 23.9 Å². The molecule has 0 aromatic carbocycles. The molecular weight excluding hydrogens is 166 g/mol. The molecular formula is C9H13N3O. The van der Waals surface area contributed by atoms with Gasteiger partial charge in [0.25, 0.3) is 0 Å². The van der Waals surface area contributed by atoms with Gasteiger partial charge in [0.15, 0.2) is 0 Å². The van der Waals surface area contributed by atoms with Gasteiger partial charge in [0.05, 0.1) is 0 Å². The van der Waals surface area contributed by atoms with E-state index in [1.54, 1.807) is 24.2 Å². The highest BCUT2D eigenvalue weighted by Crippen LogP contribution is 2.03. The van der Waals surface area contributed by atoms with Gasteiger partial charge in [0.2, 0.25) is 5.91 Å². The zero-order valence-corrected chi connectivity index (χ0v) is 7.82. The van der Waals surface area contributed by atoms with Crippen LogP contribution in [0.15, 0.2) is 18.3 Å². The average molecular weight is 179 g/mol. The first-order chi connectivity index (χ1) is 6.09. The monoisotopic (exact) mass is 179 g/mol. The molecule has 13 heavy (non-hydrogen) atoms. The predicted octanol–water partition coefficient (Wildman–Crippen LogP) is 0.642. The number of carbonyl (C=O) groups excluding carboxylic acids is 1. The van der Waals surface area contributed by atoms with Crippen LogP contribution in [0.5, 0.6) is 0 Å². The molecule has 2 N–H and O–H groups in total. The lowest BCUT2D eigenvalue weighted by Gasteiger charge is -2.14. The third-order valence-electron chi connectivity index (χ3n) is 1.80. The lowest BCUT2D eigenvalue weighted by atomic mass is 10.2. The number of nitrogens with zero attached hydrogens (tertiary/aromatic N) is 2. The van der Waals surface area contributed by atoms with E-state index < -0.39 is 0 Å². The topological polar surface area (TPSA) is 59.2 Å². The van der Waals surface area contributed by atoms with Crippen molar-refractivity contribution in [3.8, 4) is 0 Å². The normalized spacial score (nSPS) is 9.69. The number of aromatic nitrogens is 1. The Kier molecular flexibility index (Phi) is 2.84. The SMILES string of the molecule is CC(=O)N(C)Cc1ccc(N)nc1. The third-order valence-corrected chi connectivity index (χ3v) is 1.80. The quantitative estimate of drug-likeness (QED) is 0.724. The Bertz CT molecular complexity index is 294. The van der Waals surface area contributed by atoms with E-state index in [2.05, 4.69) is 4.98 Å². The third kappa shape index (κ3) is 2.74. The van der Waals surface area contributed by atoms with Gasteiger partial charge in [0, 0.05) is 26.7 Å². The summed E-state index contributed by atoms with van der Waals surface area (Å²) < 4.78 is 0. The second-order valence-corrected chi connectivity index (χ2v) is 2.97. The molecule has 0 aliphatic heterocycles. The lowest BCUT2D eigenvalue weighted by molar-refractivity contribution is -0.128. The average Bonchev–Trinajstić information content (AvgIpc) is 2.08. The standard InChI is InChI=1S/C9H13N3O/c1-7(13)12(2)6-8-3-4-9(10)11-5-8/h3-5H,6H2,1-2H3,(H2,10,11). The van der Waals surface area contributed by atoms with Crippen molar-refractivity contribution < 1.29 is 4.79 Å². The molecule has 0 fully saturated rings. The van der Waals surface area contributed by atoms with Gasteiger partial charge < -0.3 is 10.6 Å². The van der Waals surface area contributed by atoms with Crippen molar-refractivity contribution in [2.24, 2.45) is 0 Å². The Hall–Kier alpha value is -1.58. The summed E-state index contributed by atoms with van der Waals surface area (Å²) in [7, 11) is 1.75. The fourth-order valence-corrected chi connectivity index (χ4v) is 0.915. The van der Waals surface area contributed by atoms with Gasteiger partial charge in [-0.3, -0.25) is 4.79 Å². The molecule has 0 atom stereocenters. The second-order valence-electron chi connectivity index (χ2n) is 2.97. The smallest absolute Gasteiger partial charge is 0.219 e. The molecule has 1 aromatic heterocycles. The van der Waals surface area contributed by atoms with Crippen LogP contribution < -0.4 is 5.73 Å². The molecule has 0 aliphatic carbocycles. The minimum atomic E-state index is 0.0387. The van der Waals surface area contributed by atoms with Crippen molar-refractivity contribution in [1.82, 2.24) is 9.88 Å². The van der Waals surface area contributed by atoms with E-state index in [4.69, 9.17) is 5.73 Å². The number of nitrogen functional groups attached to an aromatic ring is 1. The number of hydrogen-bond acceptors (Lipinski definition) is 3. The molecule has 0 unspecified atom stereocenters. The summed E-state index contributed by atoms with van der Waals surface area (Å²) in [4.78, 5) is 16.4. The summed E-state index contributed by atoms with van der Waals surface area (Å²) in [6, 6.07) is 3.59. The van der Waals surface area contributed by atoms with E-state index in [0.29, 0.717) is 12.4 Å². The maximum atomic E-state index is 10.9. The zero-order chi connectivity index (χ0) is 9.84. The van der Waals surface area contributed by atoms with Crippen molar-refractivity contribution >= 4 is 11.7 Å². The highest BCUT2D eigenvalue weighted by Gasteiger charge is 2.02. The zero-order valence-electron chi connectivity index (χ0n) is 7.82. The van der Waals surface area contributed by atoms with Crippen LogP contribution in [0, 0.1) is 0 Å². The minimum absolute atomic E-state index is 0.0387. The van der Waals surface area contributed by atoms with Gasteiger partial charge in [-0.1, -0.05) is 6.07 Å². The molecule has 0 aliphatic rings. The highest BCUT2D eigenvalue weighted by atomic mass is 16.2. The van der Waals surface area contributed by atoms with E-state index in [1.165, 1.54) is 6.92 Å². The first kappa shape index (κ1) is 9.51. The van der Waals surface area contributed by atoms with Crippen LogP contribution in [0.25, 0.3) is 0 Å². The highest BCUT2D eigenvalue weighted by molar-refractivity contribution is 5.72. The molecule has 4 heteroatoms. The Morgan fingerprint density at radius 3 is 2.77 bits per heavy atom. The largest absolute Gasteiger partial charge is 0.384 e. The maximum Gasteiger partial charge on any atom is 0.219 e. The number of carbonyl (C=O) groups is 1. The first-order valence-corrected chi connectivity index (χ1v) is 4.01. The summed E-state index contributed by atoms with van der Waals surface area (Å²) in [5.74, 6) is 0.533. The molecule has 1 aromatic rings. The molecule has 1 heterocycles. The number of nitrogens with two attached hydrogens (primary N) is 1. The van der Waals surface area contributed by atoms with Crippen molar-refractivity contribution in [1.29, 1.82) is 0 Å². The maximum absolute atomic E-state index is 10.9. The molecule has 0 saturated heterocycles. The Balaban J connectivity index is 2.64. The van der Waals surface area contributed by atoms with Gasteiger partial charge >= 0.3 is 0 Å². The van der Waals surface area contributed by atoms with Gasteiger partial charge in [0.1, 0.15) is 5.82 Å². The molecule has 70 valence electrons. The molecule has 1 amide bonds. The molecule has 0 bridgehead atoms. The molecule has 0 radical (unpaired) electrons. The fourth-order valence-electron chi connectivity index (χ4n) is 0.915. The van der Waals surface area contributed by atoms with E-state index in [1.807, 2.05) is 6.07 Å². The van der Waals surface area contributed by atoms with Gasteiger partial charge in [-0.15, -0.1) is 0 Å². The summed E-state index contributed by atoms with van der Waals surface area (Å²) >= 11 is 0. The van der Waals surface area contributed by atoms with Gasteiger partial charge in [-0.05, 0) is 11.6 Å². The number of rotatable bonds is 2. The number of amides is 1. The van der Waals surface area contributed by atoms with Crippen LogP contribution in [0.3, 0.4) is 0 Å². The van der Waals surface area contributed by atoms with E-state index in [-0.39, 0.29) is 5.91 Å². The summed E-state index contributed by atoms with van der Waals surface area (Å²) in [5, 5.41) is 0. The Morgan fingerprint density at radius 1 is 1.62 bits per heavy atom. The molecule has 0 spiro atoms. The van der Waals surface area contributed by atoms with Crippen molar-refractivity contribution in [3.63, 3.8) is 0 Å². The van der Waals surface area contributed by atoms with Crippen molar-refractivity contribution in [2.45, 2.75) is 13.5 Å². The molecule has 0 saturated carbocycles. The summed E-state index contributed by atoms with van der Waals surface area (Å²) in [5.41, 5.74) is 6.40. The van der Waals surface area contributed by atoms with Gasteiger partial charge in [-0.25, -0.2) is 4.98 Å². The second kappa shape index (κ2) is 3.89. The number of pyridine rings is 1. The fraction of sp³-hybridized carbons (Fsp3) is 0.333. The van der Waals surface area contributed by atoms with Crippen LogP contribution in [0.2, 0.25) is 0 Å². The van der Waals surface area contributed by atoms with Crippen LogP contribution in [-0.2, 0) is 11.3 Å². The number of anilines is 1. The summed E-state index contributed by atoms with van der Waals surface area (Å²) in [6.45, 7) is 2.10. The number of hydrogen-bond donors (Lipinski definition) is 1. The Labute approximate surface area is 77.4 Å². The lowest BCUT2D eigenvalue weighted by Crippen LogP contribution is -2.23. The van der Waals surface area contributed by atoms with E-state index in [9.17, 15) is 4.79 Å². The predicted molar refractivity (Wildman–Crippen MR) is 50.8 cm³/mol. The van der Waals surface area contributed by atoms with Crippen LogP contribution in [0.4, 0.5) is 5.82 Å². The molecule has 1 rings (SSSR count). The van der Waals surface area contributed by atoms with Crippen LogP contribution in [-0.4, -0.2) is 22.8 Å². The Morgan fingerprint density at radius 2 is 2.31 bits per heavy atom. The van der Waals surface area contributed by atoms with Gasteiger partial charge in [-0.2, -0.15) is 0 Å². The summed E-state index contributed by atoms with van der Waals surface area (Å²) in [6.07, 6.45) is 1.68. The minimum Gasteiger partial charge on any atom is -0.384 e. The van der Waals surface area contributed by atoms with Crippen LogP contribution in [0.1, 0.15) is 12.5 Å². The first-order valence-electron chi connectivity index (χ1n) is 4.01. The van der Waals surface area contributed by atoms with Crippen LogP contribution >= 0.6 is 0 Å². The van der Waals surface area contributed by atoms with E-state index >= 15 is 0 Å². The van der Waals surface area contributed by atoms with Crippen molar-refractivity contribution in [2.75, 3.05) is 12.8 Å². The molecule has 4 nitrogen and oxygen atoms in total.